The van der Waals surface area contributed by atoms with E-state index in [0.29, 0.717) is 27.7 Å². The van der Waals surface area contributed by atoms with Crippen molar-refractivity contribution in [3.05, 3.63) is 65.7 Å². The molecule has 0 saturated carbocycles. The highest BCUT2D eigenvalue weighted by molar-refractivity contribution is 7.89. The van der Waals surface area contributed by atoms with Gasteiger partial charge in [0, 0.05) is 11.1 Å². The van der Waals surface area contributed by atoms with Crippen LogP contribution in [0.1, 0.15) is 25.0 Å². The van der Waals surface area contributed by atoms with Gasteiger partial charge in [-0.3, -0.25) is 10.2 Å². The molecule has 8 N–H and O–H groups in total. The number of carbonyl (C=O) groups is 1. The summed E-state index contributed by atoms with van der Waals surface area (Å²) in [6.07, 6.45) is 0. The molecule has 4 aromatic rings. The number of sulfonamides is 1. The summed E-state index contributed by atoms with van der Waals surface area (Å²) in [4.78, 5) is 19.5. The Bertz CT molecular complexity index is 1620. The zero-order chi connectivity index (χ0) is 25.7. The number of amidine groups is 1. The van der Waals surface area contributed by atoms with E-state index >= 15 is 0 Å². The number of carboxylic acid groups (broad SMARTS) is 1. The summed E-state index contributed by atoms with van der Waals surface area (Å²) in [6, 6.07) is 13.7. The third kappa shape index (κ3) is 4.34. The minimum atomic E-state index is -4.01. The molecule has 3 aromatic carbocycles. The van der Waals surface area contributed by atoms with Crippen LogP contribution in [0.3, 0.4) is 0 Å². The van der Waals surface area contributed by atoms with Gasteiger partial charge in [-0.1, -0.05) is 12.1 Å². The van der Waals surface area contributed by atoms with Gasteiger partial charge in [-0.05, 0) is 67.4 Å². The van der Waals surface area contributed by atoms with Gasteiger partial charge in [0.1, 0.15) is 17.4 Å². The van der Waals surface area contributed by atoms with Crippen LogP contribution in [0.2, 0.25) is 0 Å². The number of aromatic amines is 1. The average molecular weight is 494 g/mol. The van der Waals surface area contributed by atoms with Crippen molar-refractivity contribution in [2.24, 2.45) is 10.9 Å². The first-order chi connectivity index (χ1) is 16.3. The number of phenolic OH excluding ortho intramolecular Hbond substituents is 1. The van der Waals surface area contributed by atoms with Crippen molar-refractivity contribution in [2.45, 2.75) is 24.2 Å². The summed E-state index contributed by atoms with van der Waals surface area (Å²) in [7, 11) is -4.01. The van der Waals surface area contributed by atoms with Gasteiger partial charge in [0.05, 0.1) is 26.9 Å². The number of nitrogens with two attached hydrogens (primary N) is 2. The molecule has 11 heteroatoms. The molecule has 0 aliphatic heterocycles. The van der Waals surface area contributed by atoms with Gasteiger partial charge in [-0.2, -0.15) is 0 Å². The second-order valence-corrected chi connectivity index (χ2v) is 10.2. The van der Waals surface area contributed by atoms with Gasteiger partial charge in [-0.15, -0.1) is 0 Å². The van der Waals surface area contributed by atoms with Crippen LogP contribution in [0.15, 0.2) is 59.5 Å². The summed E-state index contributed by atoms with van der Waals surface area (Å²) >= 11 is 0. The van der Waals surface area contributed by atoms with Crippen molar-refractivity contribution in [3.63, 3.8) is 0 Å². The predicted molar refractivity (Wildman–Crippen MR) is 132 cm³/mol. The number of nitrogen functional groups attached to an aromatic ring is 1. The Hall–Kier alpha value is -4.22. The third-order valence-corrected chi connectivity index (χ3v) is 6.80. The Labute approximate surface area is 200 Å². The predicted octanol–water partition coefficient (Wildman–Crippen LogP) is 2.90. The first kappa shape index (κ1) is 23.9. The monoisotopic (exact) mass is 493 g/mol. The minimum Gasteiger partial charge on any atom is -0.507 e. The Kier molecular flexibility index (Phi) is 5.62. The average Bonchev–Trinajstić information content (AvgIpc) is 3.21. The maximum atomic E-state index is 12.0. The molecule has 0 amide bonds. The van der Waals surface area contributed by atoms with Crippen LogP contribution in [0.5, 0.6) is 5.75 Å². The van der Waals surface area contributed by atoms with Crippen LogP contribution in [-0.4, -0.2) is 40.4 Å². The standard InChI is InChI=1S/C24H23N5O5S/c1-24(2,23(31)32)14-10-16(12-4-3-5-15(8-12)35(27,33)34)20(30)17(11-14)22-28-18-7-6-13(21(25)26)9-19(18)29-22/h3-11,30H,1-2H3,(H3,25,26)(H,28,29)(H,31,32)(H2,27,33,34). The number of phenols is 1. The van der Waals surface area contributed by atoms with Gasteiger partial charge >= 0.3 is 5.97 Å². The fraction of sp³-hybridized carbons (Fsp3) is 0.125. The van der Waals surface area contributed by atoms with Gasteiger partial charge in [0.2, 0.25) is 10.0 Å². The lowest BCUT2D eigenvalue weighted by atomic mass is 9.82. The van der Waals surface area contributed by atoms with Crippen LogP contribution >= 0.6 is 0 Å². The van der Waals surface area contributed by atoms with Gasteiger partial charge in [0.15, 0.2) is 0 Å². The normalized spacial score (nSPS) is 12.1. The van der Waals surface area contributed by atoms with Gasteiger partial charge in [0.25, 0.3) is 0 Å². The number of hydrogen-bond acceptors (Lipinski definition) is 6. The number of H-pyrrole nitrogens is 1. The van der Waals surface area contributed by atoms with Crippen LogP contribution in [0.4, 0.5) is 0 Å². The first-order valence-corrected chi connectivity index (χ1v) is 11.9. The van der Waals surface area contributed by atoms with E-state index in [-0.39, 0.29) is 33.4 Å². The molecule has 180 valence electrons. The lowest BCUT2D eigenvalue weighted by Crippen LogP contribution is -2.28. The van der Waals surface area contributed by atoms with E-state index in [9.17, 15) is 23.4 Å². The number of carboxylic acids is 1. The molecular weight excluding hydrogens is 470 g/mol. The zero-order valence-electron chi connectivity index (χ0n) is 18.8. The van der Waals surface area contributed by atoms with Crippen LogP contribution < -0.4 is 10.9 Å². The molecule has 0 aliphatic rings. The molecule has 0 radical (unpaired) electrons. The highest BCUT2D eigenvalue weighted by Gasteiger charge is 2.32. The number of aromatic hydroxyl groups is 1. The SMILES string of the molecule is CC(C)(C(=O)O)c1cc(-c2cccc(S(N)(=O)=O)c2)c(O)c(-c2nc3ccc(C(=N)N)cc3[nH]2)c1. The Morgan fingerprint density at radius 2 is 1.77 bits per heavy atom. The number of aromatic nitrogens is 2. The maximum absolute atomic E-state index is 12.0. The zero-order valence-corrected chi connectivity index (χ0v) is 19.6. The number of imidazole rings is 1. The first-order valence-electron chi connectivity index (χ1n) is 10.4. The minimum absolute atomic E-state index is 0.117. The van der Waals surface area contributed by atoms with E-state index in [1.807, 2.05) is 0 Å². The van der Waals surface area contributed by atoms with Crippen molar-refractivity contribution >= 4 is 32.9 Å². The largest absolute Gasteiger partial charge is 0.507 e. The molecule has 0 fully saturated rings. The lowest BCUT2D eigenvalue weighted by Gasteiger charge is -2.22. The van der Waals surface area contributed by atoms with Gasteiger partial charge < -0.3 is 20.9 Å². The fourth-order valence-corrected chi connectivity index (χ4v) is 4.22. The van der Waals surface area contributed by atoms with Crippen molar-refractivity contribution in [2.75, 3.05) is 0 Å². The Morgan fingerprint density at radius 3 is 2.40 bits per heavy atom. The van der Waals surface area contributed by atoms with E-state index in [4.69, 9.17) is 16.3 Å². The molecule has 0 bridgehead atoms. The number of nitrogens with zero attached hydrogens (tertiary/aromatic N) is 1. The topological polar surface area (TPSA) is 196 Å². The second kappa shape index (κ2) is 8.22. The molecule has 4 rings (SSSR count). The third-order valence-electron chi connectivity index (χ3n) is 5.89. The summed E-state index contributed by atoms with van der Waals surface area (Å²) < 4.78 is 23.8. The number of rotatable bonds is 6. The van der Waals surface area contributed by atoms with E-state index < -0.39 is 21.4 Å². The Morgan fingerprint density at radius 1 is 1.09 bits per heavy atom. The maximum Gasteiger partial charge on any atom is 0.313 e. The number of primary sulfonamides is 1. The summed E-state index contributed by atoms with van der Waals surface area (Å²) in [5.41, 5.74) is 6.93. The van der Waals surface area contributed by atoms with Crippen LogP contribution in [0.25, 0.3) is 33.5 Å². The molecule has 10 nitrogen and oxygen atoms in total. The van der Waals surface area contributed by atoms with Crippen molar-refractivity contribution < 1.29 is 23.4 Å². The molecule has 1 heterocycles. The van der Waals surface area contributed by atoms with E-state index in [0.717, 1.165) is 0 Å². The number of fused-ring (bicyclic) bond motifs is 1. The molecule has 1 aromatic heterocycles. The Balaban J connectivity index is 2.00. The molecule has 0 aliphatic carbocycles. The van der Waals surface area contributed by atoms with Gasteiger partial charge in [-0.25, -0.2) is 18.5 Å². The smallest absolute Gasteiger partial charge is 0.313 e. The molecule has 0 atom stereocenters. The molecular formula is C24H23N5O5S. The number of nitrogens with one attached hydrogen (secondary N) is 2. The summed E-state index contributed by atoms with van der Waals surface area (Å²) in [5, 5.41) is 34.0. The number of aliphatic carboxylic acids is 1. The quantitative estimate of drug-likeness (QED) is 0.175. The molecule has 0 unspecified atom stereocenters. The van der Waals surface area contributed by atoms with Crippen molar-refractivity contribution in [1.29, 1.82) is 5.41 Å². The summed E-state index contributed by atoms with van der Waals surface area (Å²) in [6.45, 7) is 3.04. The van der Waals surface area contributed by atoms with Crippen molar-refractivity contribution in [1.82, 2.24) is 9.97 Å². The van der Waals surface area contributed by atoms with Crippen LogP contribution in [0, 0.1) is 5.41 Å². The number of hydrogen-bond donors (Lipinski definition) is 6. The molecule has 0 spiro atoms. The van der Waals surface area contributed by atoms with Crippen molar-refractivity contribution in [3.8, 4) is 28.3 Å². The highest BCUT2D eigenvalue weighted by Crippen LogP contribution is 2.42. The van der Waals surface area contributed by atoms with E-state index in [2.05, 4.69) is 9.97 Å². The molecule has 0 saturated heterocycles. The van der Waals surface area contributed by atoms with E-state index in [1.165, 1.54) is 44.2 Å². The van der Waals surface area contributed by atoms with E-state index in [1.54, 1.807) is 24.3 Å². The highest BCUT2D eigenvalue weighted by atomic mass is 32.2. The fourth-order valence-electron chi connectivity index (χ4n) is 3.66. The number of benzene rings is 3. The summed E-state index contributed by atoms with van der Waals surface area (Å²) in [5.74, 6) is -1.18. The molecule has 35 heavy (non-hydrogen) atoms. The van der Waals surface area contributed by atoms with Crippen LogP contribution in [-0.2, 0) is 20.2 Å². The lowest BCUT2D eigenvalue weighted by molar-refractivity contribution is -0.142. The second-order valence-electron chi connectivity index (χ2n) is 8.65.